The van der Waals surface area contributed by atoms with Gasteiger partial charge in [0.25, 0.3) is 0 Å². The topological polar surface area (TPSA) is 374 Å². The van der Waals surface area contributed by atoms with E-state index in [-0.39, 0.29) is 78.0 Å². The number of carbonyl (C=O) groups is 6. The Balaban J connectivity index is 0.000000230. The number of sulfonamides is 1. The van der Waals surface area contributed by atoms with Crippen molar-refractivity contribution >= 4 is 73.1 Å². The van der Waals surface area contributed by atoms with Crippen molar-refractivity contribution in [1.82, 2.24) is 40.5 Å². The van der Waals surface area contributed by atoms with Gasteiger partial charge < -0.3 is 41.6 Å². The normalized spacial score (nSPS) is 18.2. The molecular formula is C67H78BrN11O15S. The molecule has 3 heterocycles. The van der Waals surface area contributed by atoms with Crippen molar-refractivity contribution in [1.29, 1.82) is 0 Å². The van der Waals surface area contributed by atoms with Crippen LogP contribution in [0.4, 0.5) is 21.0 Å². The molecule has 2 aliphatic carbocycles. The number of halogens is 1. The van der Waals surface area contributed by atoms with Crippen molar-refractivity contribution in [2.75, 3.05) is 49.6 Å². The molecule has 0 bridgehead atoms. The largest absolute Gasteiger partial charge is 0.465 e. The first-order valence-corrected chi connectivity index (χ1v) is 33.6. The fourth-order valence-electron chi connectivity index (χ4n) is 11.9. The Morgan fingerprint density at radius 3 is 1.85 bits per heavy atom. The summed E-state index contributed by atoms with van der Waals surface area (Å²) in [7, 11) is -3.73. The summed E-state index contributed by atoms with van der Waals surface area (Å²) in [6.45, 7) is 9.39. The van der Waals surface area contributed by atoms with E-state index in [2.05, 4.69) is 66.5 Å². The zero-order valence-electron chi connectivity index (χ0n) is 53.1. The maximum Gasteiger partial charge on any atom is 0.439 e. The number of aryl methyl sites for hydroxylation is 1. The molecule has 5 aromatic carbocycles. The summed E-state index contributed by atoms with van der Waals surface area (Å²) in [5, 5.41) is 27.5. The summed E-state index contributed by atoms with van der Waals surface area (Å²) < 4.78 is 49.0. The van der Waals surface area contributed by atoms with Gasteiger partial charge in [-0.2, -0.15) is 4.31 Å². The number of alkyl carbamates (subject to hydrolysis) is 1. The zero-order chi connectivity index (χ0) is 68.0. The number of aromatic nitrogens is 4. The van der Waals surface area contributed by atoms with E-state index >= 15 is 0 Å². The Labute approximate surface area is 556 Å². The molecule has 2 saturated carbocycles. The Kier molecular flexibility index (Phi) is 23.4. The van der Waals surface area contributed by atoms with E-state index in [1.54, 1.807) is 66.7 Å². The number of carbonyl (C=O) groups excluding carboxylic acids is 5. The molecule has 9 N–H and O–H groups in total. The molecular weight excluding hydrogens is 1310 g/mol. The third kappa shape index (κ3) is 19.4. The molecule has 6 amide bonds. The number of nitrogens with one attached hydrogen (secondary N) is 6. The van der Waals surface area contributed by atoms with Crippen LogP contribution in [0, 0.1) is 30.6 Å². The molecule has 2 atom stereocenters. The maximum atomic E-state index is 14.1. The van der Waals surface area contributed by atoms with Crippen molar-refractivity contribution < 1.29 is 60.8 Å². The minimum absolute atomic E-state index is 0.140. The van der Waals surface area contributed by atoms with E-state index in [0.717, 1.165) is 45.1 Å². The number of rotatable bonds is 21. The number of primary amides is 1. The van der Waals surface area contributed by atoms with Crippen LogP contribution in [0.3, 0.4) is 0 Å². The highest BCUT2D eigenvalue weighted by atomic mass is 79.9. The predicted octanol–water partition coefficient (Wildman–Crippen LogP) is 8.32. The van der Waals surface area contributed by atoms with Gasteiger partial charge in [-0.25, -0.2) is 27.6 Å². The third-order valence-electron chi connectivity index (χ3n) is 16.9. The Hall–Kier alpha value is -9.25. The SMILES string of the molecule is CC(C)(C)OC(=O)NC[C@H]1CC[C@H](C(=O)N(c2ccc(-c3noc(=O)[nH]3)cc2)[C@@H](Cc2cccc(Br)c2)C(N)=O)CC1.Cc1ccc(S(=O)(=O)N2CCOCC2)cc1-c1cccc(C[C@H](NC(=O)[C@H]2CC[C@H](CNC(=O)O)CC2)C(=O)Nc2ccc(-c3noc(=O)[nH]3)cc2)c1. The minimum Gasteiger partial charge on any atom is -0.465 e. The number of hydrogen-bond donors (Lipinski definition) is 8. The molecule has 1 aliphatic heterocycles. The van der Waals surface area contributed by atoms with Gasteiger partial charge >= 0.3 is 23.7 Å². The van der Waals surface area contributed by atoms with Gasteiger partial charge in [-0.1, -0.05) is 68.7 Å². The first-order chi connectivity index (χ1) is 45.3. The highest BCUT2D eigenvalue weighted by molar-refractivity contribution is 9.10. The maximum absolute atomic E-state index is 14.1. The molecule has 1 saturated heterocycles. The van der Waals surface area contributed by atoms with Gasteiger partial charge in [0.15, 0.2) is 11.6 Å². The lowest BCUT2D eigenvalue weighted by atomic mass is 9.81. The molecule has 504 valence electrons. The van der Waals surface area contributed by atoms with Crippen molar-refractivity contribution in [2.45, 2.75) is 114 Å². The smallest absolute Gasteiger partial charge is 0.439 e. The number of H-pyrrole nitrogens is 2. The van der Waals surface area contributed by atoms with Crippen LogP contribution in [0.25, 0.3) is 33.9 Å². The highest BCUT2D eigenvalue weighted by Gasteiger charge is 2.37. The minimum atomic E-state index is -3.73. The van der Waals surface area contributed by atoms with Gasteiger partial charge in [0.1, 0.15) is 17.7 Å². The Morgan fingerprint density at radius 1 is 0.726 bits per heavy atom. The number of anilines is 2. The van der Waals surface area contributed by atoms with Crippen LogP contribution in [-0.4, -0.2) is 131 Å². The number of carboxylic acid groups (broad SMARTS) is 1. The number of ether oxygens (including phenoxy) is 2. The summed E-state index contributed by atoms with van der Waals surface area (Å²) in [5.41, 5.74) is 11.4. The average molecular weight is 1390 g/mol. The van der Waals surface area contributed by atoms with E-state index in [1.165, 1.54) is 9.21 Å². The predicted molar refractivity (Wildman–Crippen MR) is 355 cm³/mol. The molecule has 3 fully saturated rings. The summed E-state index contributed by atoms with van der Waals surface area (Å²) >= 11 is 3.47. The second kappa shape index (κ2) is 31.8. The first-order valence-electron chi connectivity index (χ1n) is 31.4. The number of nitrogens with zero attached hydrogens (tertiary/aromatic N) is 4. The number of hydrogen-bond acceptors (Lipinski definition) is 16. The highest BCUT2D eigenvalue weighted by Crippen LogP contribution is 2.35. The molecule has 26 nitrogen and oxygen atoms in total. The second-order valence-corrected chi connectivity index (χ2v) is 27.8. The van der Waals surface area contributed by atoms with Crippen LogP contribution in [0.15, 0.2) is 143 Å². The summed E-state index contributed by atoms with van der Waals surface area (Å²) in [6.07, 6.45) is 4.03. The number of amides is 6. The van der Waals surface area contributed by atoms with Crippen LogP contribution in [0.5, 0.6) is 0 Å². The Bertz CT molecular complexity index is 4070. The lowest BCUT2D eigenvalue weighted by Gasteiger charge is -2.36. The van der Waals surface area contributed by atoms with Gasteiger partial charge in [-0.3, -0.25) is 43.1 Å². The fourth-order valence-corrected chi connectivity index (χ4v) is 13.8. The quantitative estimate of drug-likeness (QED) is 0.0335. The van der Waals surface area contributed by atoms with Crippen molar-refractivity contribution in [3.8, 4) is 33.9 Å². The lowest BCUT2D eigenvalue weighted by molar-refractivity contribution is -0.130. The molecule has 95 heavy (non-hydrogen) atoms. The van der Waals surface area contributed by atoms with Crippen molar-refractivity contribution in [3.63, 3.8) is 0 Å². The van der Waals surface area contributed by atoms with E-state index in [4.69, 9.17) is 20.3 Å². The average Bonchev–Trinajstić information content (AvgIpc) is 1.23. The van der Waals surface area contributed by atoms with Gasteiger partial charge in [-0.15, -0.1) is 0 Å². The first kappa shape index (κ1) is 70.1. The van der Waals surface area contributed by atoms with Crippen LogP contribution in [-0.2, 0) is 51.5 Å². The molecule has 7 aromatic rings. The lowest BCUT2D eigenvalue weighted by Crippen LogP contribution is -2.52. The number of morpholine rings is 1. The third-order valence-corrected chi connectivity index (χ3v) is 19.3. The van der Waals surface area contributed by atoms with Gasteiger partial charge in [-0.05, 0) is 192 Å². The fraction of sp³-hybridized carbons (Fsp3) is 0.403. The van der Waals surface area contributed by atoms with E-state index < -0.39 is 63.2 Å². The molecule has 28 heteroatoms. The summed E-state index contributed by atoms with van der Waals surface area (Å²) in [6, 6.07) is 31.6. The molecule has 0 radical (unpaired) electrons. The summed E-state index contributed by atoms with van der Waals surface area (Å²) in [4.78, 5) is 107. The van der Waals surface area contributed by atoms with E-state index in [9.17, 15) is 46.8 Å². The zero-order valence-corrected chi connectivity index (χ0v) is 55.5. The molecule has 3 aliphatic rings. The number of benzene rings is 5. The van der Waals surface area contributed by atoms with E-state index in [0.29, 0.717) is 87.3 Å². The van der Waals surface area contributed by atoms with E-state index in [1.807, 2.05) is 76.2 Å². The standard InChI is InChI=1S/C37H42N6O9S.C30H36BrN5O6/c1-23-5-14-30(53(49,50)43-15-17-51-18-16-43)21-31(23)28-4-2-3-25(19-28)20-32(40-34(44)27-8-6-24(7-9-27)22-38-36(46)47)35(45)39-29-12-10-26(11-13-29)33-41-37(48)52-42-33;1-30(2,3)41-28(39)33-17-18-7-9-21(10-8-18)27(38)36(24(25(32)37)16-19-5-4-6-22(31)15-19)23-13-11-20(12-14-23)26-34-29(40)42-35-26/h2-5,10-14,19,21,24,27,32,38H,6-9,15-18,20,22H2,1H3,(H,39,45)(H,40,44)(H,46,47)(H,41,42,48);4-6,11-15,18,21,24H,7-10,16-17H2,1-3H3,(H2,32,37)(H,33,39)(H,34,35,40)/t24-,27-,32-;18-,21-,24-/m00/s1. The Morgan fingerprint density at radius 2 is 1.29 bits per heavy atom. The molecule has 0 spiro atoms. The van der Waals surface area contributed by atoms with Crippen molar-refractivity contribution in [2.24, 2.45) is 29.4 Å². The number of aromatic amines is 2. The molecule has 0 unspecified atom stereocenters. The monoisotopic (exact) mass is 1390 g/mol. The molecule has 2 aromatic heterocycles. The van der Waals surface area contributed by atoms with Crippen LogP contribution < -0.4 is 43.4 Å². The number of nitrogens with two attached hydrogens (primary N) is 1. The van der Waals surface area contributed by atoms with Gasteiger partial charge in [0.2, 0.25) is 33.7 Å². The van der Waals surface area contributed by atoms with Gasteiger partial charge in [0, 0.05) is 77.8 Å². The second-order valence-electron chi connectivity index (χ2n) is 24.9. The van der Waals surface area contributed by atoms with Crippen LogP contribution >= 0.6 is 15.9 Å². The van der Waals surface area contributed by atoms with Gasteiger partial charge in [0.05, 0.1) is 18.1 Å². The van der Waals surface area contributed by atoms with Crippen LogP contribution in [0.1, 0.15) is 88.8 Å². The van der Waals surface area contributed by atoms with Crippen LogP contribution in [0.2, 0.25) is 0 Å². The van der Waals surface area contributed by atoms with Crippen molar-refractivity contribution in [3.05, 3.63) is 158 Å². The summed E-state index contributed by atoms with van der Waals surface area (Å²) in [5.74, 6) is -2.68. The molecule has 10 rings (SSSR count).